The highest BCUT2D eigenvalue weighted by Crippen LogP contribution is 2.29. The Bertz CT molecular complexity index is 522. The average Bonchev–Trinajstić information content (AvgIpc) is 2.38. The minimum Gasteiger partial charge on any atom is -0.490 e. The molecule has 1 aromatic rings. The van der Waals surface area contributed by atoms with Crippen LogP contribution in [0.25, 0.3) is 0 Å². The Morgan fingerprint density at radius 1 is 1.47 bits per heavy atom. The number of rotatable bonds is 3. The lowest BCUT2D eigenvalue weighted by Crippen LogP contribution is -2.24. The number of hydrogen-bond acceptors (Lipinski definition) is 4. The van der Waals surface area contributed by atoms with E-state index < -0.39 is 4.92 Å². The Morgan fingerprint density at radius 2 is 2.26 bits per heavy atom. The normalized spacial score (nSPS) is 22.5. The Labute approximate surface area is 112 Å². The zero-order chi connectivity index (χ0) is 13.8. The molecule has 100 valence electrons. The van der Waals surface area contributed by atoms with E-state index in [1.165, 1.54) is 18.6 Å². The van der Waals surface area contributed by atoms with E-state index in [0.717, 1.165) is 19.3 Å². The molecule has 0 spiro atoms. The van der Waals surface area contributed by atoms with Crippen molar-refractivity contribution in [1.82, 2.24) is 0 Å². The summed E-state index contributed by atoms with van der Waals surface area (Å²) in [7, 11) is 0. The standard InChI is InChI=1S/C14H16N2O3/c1-10-3-2-4-12(7-10)19-13-5-6-14(16(17)18)11(8-13)9-15/h5-6,8,10,12H,2-4,7H2,1H3. The molecule has 0 bridgehead atoms. The van der Waals surface area contributed by atoms with Crippen molar-refractivity contribution >= 4 is 5.69 Å². The second-order valence-corrected chi connectivity index (χ2v) is 5.06. The summed E-state index contributed by atoms with van der Waals surface area (Å²) in [5.41, 5.74) is -0.127. The highest BCUT2D eigenvalue weighted by molar-refractivity contribution is 5.52. The van der Waals surface area contributed by atoms with E-state index >= 15 is 0 Å². The first kappa shape index (κ1) is 13.3. The smallest absolute Gasteiger partial charge is 0.287 e. The maximum atomic E-state index is 10.7. The Hall–Kier alpha value is -2.09. The highest BCUT2D eigenvalue weighted by atomic mass is 16.6. The highest BCUT2D eigenvalue weighted by Gasteiger charge is 2.21. The third kappa shape index (κ3) is 3.22. The van der Waals surface area contributed by atoms with E-state index in [4.69, 9.17) is 10.00 Å². The van der Waals surface area contributed by atoms with Crippen LogP contribution in [-0.2, 0) is 0 Å². The van der Waals surface area contributed by atoms with E-state index in [0.29, 0.717) is 11.7 Å². The van der Waals surface area contributed by atoms with Crippen LogP contribution in [0.4, 0.5) is 5.69 Å². The number of nitriles is 1. The van der Waals surface area contributed by atoms with Crippen LogP contribution in [0.5, 0.6) is 5.75 Å². The van der Waals surface area contributed by atoms with Gasteiger partial charge in [0.05, 0.1) is 11.0 Å². The fraction of sp³-hybridized carbons (Fsp3) is 0.500. The molecular weight excluding hydrogens is 244 g/mol. The monoisotopic (exact) mass is 260 g/mol. The molecule has 1 aromatic carbocycles. The van der Waals surface area contributed by atoms with Crippen molar-refractivity contribution in [3.8, 4) is 11.8 Å². The summed E-state index contributed by atoms with van der Waals surface area (Å²) in [5, 5.41) is 19.7. The summed E-state index contributed by atoms with van der Waals surface area (Å²) in [5.74, 6) is 1.19. The molecule has 1 aliphatic carbocycles. The fourth-order valence-corrected chi connectivity index (χ4v) is 2.52. The zero-order valence-corrected chi connectivity index (χ0v) is 10.8. The van der Waals surface area contributed by atoms with Crippen LogP contribution in [0.3, 0.4) is 0 Å². The van der Waals surface area contributed by atoms with Gasteiger partial charge < -0.3 is 4.74 Å². The Morgan fingerprint density at radius 3 is 2.89 bits per heavy atom. The molecule has 1 fully saturated rings. The van der Waals surface area contributed by atoms with Crippen LogP contribution in [0, 0.1) is 27.4 Å². The van der Waals surface area contributed by atoms with Gasteiger partial charge in [0.15, 0.2) is 0 Å². The zero-order valence-electron chi connectivity index (χ0n) is 10.8. The maximum Gasteiger partial charge on any atom is 0.287 e. The first-order valence-corrected chi connectivity index (χ1v) is 6.45. The van der Waals surface area contributed by atoms with Crippen molar-refractivity contribution in [3.63, 3.8) is 0 Å². The van der Waals surface area contributed by atoms with Gasteiger partial charge in [-0.2, -0.15) is 5.26 Å². The third-order valence-corrected chi connectivity index (χ3v) is 3.48. The van der Waals surface area contributed by atoms with Gasteiger partial charge in [-0.1, -0.05) is 13.3 Å². The van der Waals surface area contributed by atoms with Crippen molar-refractivity contribution < 1.29 is 9.66 Å². The third-order valence-electron chi connectivity index (χ3n) is 3.48. The lowest BCUT2D eigenvalue weighted by atomic mass is 9.89. The van der Waals surface area contributed by atoms with Gasteiger partial charge in [-0.15, -0.1) is 0 Å². The van der Waals surface area contributed by atoms with Gasteiger partial charge in [0.2, 0.25) is 0 Å². The molecule has 5 nitrogen and oxygen atoms in total. The minimum atomic E-state index is -0.551. The van der Waals surface area contributed by atoms with Crippen molar-refractivity contribution in [1.29, 1.82) is 5.26 Å². The predicted octanol–water partition coefficient (Wildman–Crippen LogP) is 3.42. The maximum absolute atomic E-state index is 10.7. The number of nitro groups is 1. The molecule has 2 atom stereocenters. The molecule has 0 heterocycles. The van der Waals surface area contributed by atoms with Gasteiger partial charge in [-0.3, -0.25) is 10.1 Å². The number of benzene rings is 1. The Kier molecular flexibility index (Phi) is 4.00. The van der Waals surface area contributed by atoms with Crippen molar-refractivity contribution in [2.24, 2.45) is 5.92 Å². The van der Waals surface area contributed by atoms with E-state index in [1.807, 2.05) is 6.07 Å². The lowest BCUT2D eigenvalue weighted by Gasteiger charge is -2.27. The SMILES string of the molecule is CC1CCCC(Oc2ccc([N+](=O)[O-])c(C#N)c2)C1. The van der Waals surface area contributed by atoms with Crippen LogP contribution in [0.2, 0.25) is 0 Å². The summed E-state index contributed by atoms with van der Waals surface area (Å²) in [4.78, 5) is 10.2. The number of nitro benzene ring substituents is 1. The van der Waals surface area contributed by atoms with Crippen LogP contribution in [-0.4, -0.2) is 11.0 Å². The number of nitrogens with zero attached hydrogens (tertiary/aromatic N) is 2. The fourth-order valence-electron chi connectivity index (χ4n) is 2.52. The lowest BCUT2D eigenvalue weighted by molar-refractivity contribution is -0.385. The second kappa shape index (κ2) is 5.70. The van der Waals surface area contributed by atoms with Crippen LogP contribution >= 0.6 is 0 Å². The number of ether oxygens (including phenoxy) is 1. The van der Waals surface area contributed by atoms with Crippen molar-refractivity contribution in [3.05, 3.63) is 33.9 Å². The summed E-state index contributed by atoms with van der Waals surface area (Å²) >= 11 is 0. The summed E-state index contributed by atoms with van der Waals surface area (Å²) in [6.07, 6.45) is 4.52. The molecule has 0 aliphatic heterocycles. The van der Waals surface area contributed by atoms with Gasteiger partial charge in [-0.05, 0) is 31.2 Å². The molecule has 0 saturated heterocycles. The molecular formula is C14H16N2O3. The molecule has 0 amide bonds. The quantitative estimate of drug-likeness (QED) is 0.616. The summed E-state index contributed by atoms with van der Waals surface area (Å²) < 4.78 is 5.83. The van der Waals surface area contributed by atoms with E-state index in [1.54, 1.807) is 6.07 Å². The van der Waals surface area contributed by atoms with Crippen molar-refractivity contribution in [2.45, 2.75) is 38.7 Å². The van der Waals surface area contributed by atoms with Crippen LogP contribution < -0.4 is 4.74 Å². The van der Waals surface area contributed by atoms with Gasteiger partial charge in [0, 0.05) is 12.1 Å². The molecule has 2 unspecified atom stereocenters. The Balaban J connectivity index is 2.13. The first-order valence-electron chi connectivity index (χ1n) is 6.45. The van der Waals surface area contributed by atoms with Gasteiger partial charge in [0.1, 0.15) is 17.4 Å². The topological polar surface area (TPSA) is 76.2 Å². The van der Waals surface area contributed by atoms with Gasteiger partial charge in [-0.25, -0.2) is 0 Å². The predicted molar refractivity (Wildman–Crippen MR) is 69.9 cm³/mol. The largest absolute Gasteiger partial charge is 0.490 e. The van der Waals surface area contributed by atoms with E-state index in [2.05, 4.69) is 6.92 Å². The molecule has 0 N–H and O–H groups in total. The molecule has 2 rings (SSSR count). The average molecular weight is 260 g/mol. The van der Waals surface area contributed by atoms with Gasteiger partial charge in [0.25, 0.3) is 5.69 Å². The van der Waals surface area contributed by atoms with E-state index in [9.17, 15) is 10.1 Å². The molecule has 5 heteroatoms. The summed E-state index contributed by atoms with van der Waals surface area (Å²) in [6, 6.07) is 6.20. The van der Waals surface area contributed by atoms with Crippen LogP contribution in [0.1, 0.15) is 38.2 Å². The van der Waals surface area contributed by atoms with Gasteiger partial charge >= 0.3 is 0 Å². The molecule has 19 heavy (non-hydrogen) atoms. The van der Waals surface area contributed by atoms with E-state index in [-0.39, 0.29) is 17.4 Å². The number of hydrogen-bond donors (Lipinski definition) is 0. The van der Waals surface area contributed by atoms with Crippen molar-refractivity contribution in [2.75, 3.05) is 0 Å². The summed E-state index contributed by atoms with van der Waals surface area (Å²) in [6.45, 7) is 2.20. The molecule has 1 saturated carbocycles. The molecule has 0 radical (unpaired) electrons. The molecule has 1 aliphatic rings. The second-order valence-electron chi connectivity index (χ2n) is 5.06. The molecule has 0 aromatic heterocycles. The minimum absolute atomic E-state index is 0.0476. The van der Waals surface area contributed by atoms with Crippen LogP contribution in [0.15, 0.2) is 18.2 Å². The first-order chi connectivity index (χ1) is 9.10.